The van der Waals surface area contributed by atoms with E-state index in [1.165, 1.54) is 0 Å². The van der Waals surface area contributed by atoms with Crippen LogP contribution in [0.5, 0.6) is 0 Å². The SMILES string of the molecule is CC1CC(C)CC(NC(=O)OCc2ccccc2)(c2noc(CCC(=O)O)n2)C1. The fourth-order valence-corrected chi connectivity index (χ4v) is 4.19. The lowest BCUT2D eigenvalue weighted by atomic mass is 9.71. The summed E-state index contributed by atoms with van der Waals surface area (Å²) in [6.45, 7) is 4.43. The first kappa shape index (κ1) is 20.8. The van der Waals surface area contributed by atoms with Crippen LogP contribution in [0, 0.1) is 11.8 Å². The second kappa shape index (κ2) is 9.07. The van der Waals surface area contributed by atoms with Gasteiger partial charge in [0.1, 0.15) is 12.1 Å². The monoisotopic (exact) mass is 401 g/mol. The molecule has 0 aliphatic heterocycles. The molecule has 1 heterocycles. The summed E-state index contributed by atoms with van der Waals surface area (Å²) < 4.78 is 10.7. The van der Waals surface area contributed by atoms with Gasteiger partial charge in [0, 0.05) is 6.42 Å². The Morgan fingerprint density at radius 3 is 2.59 bits per heavy atom. The van der Waals surface area contributed by atoms with Gasteiger partial charge in [0.05, 0.1) is 6.42 Å². The molecule has 0 spiro atoms. The number of amides is 1. The van der Waals surface area contributed by atoms with Crippen molar-refractivity contribution in [2.45, 2.75) is 58.1 Å². The van der Waals surface area contributed by atoms with E-state index in [1.54, 1.807) is 0 Å². The summed E-state index contributed by atoms with van der Waals surface area (Å²) >= 11 is 0. The second-order valence-electron chi connectivity index (χ2n) is 8.03. The average molecular weight is 401 g/mol. The molecule has 8 heteroatoms. The molecule has 1 aromatic heterocycles. The molecule has 0 bridgehead atoms. The smallest absolute Gasteiger partial charge is 0.408 e. The molecule has 1 aliphatic rings. The molecular formula is C21H27N3O5. The Hall–Kier alpha value is -2.90. The van der Waals surface area contributed by atoms with E-state index in [0.29, 0.717) is 30.5 Å². The zero-order chi connectivity index (χ0) is 20.9. The van der Waals surface area contributed by atoms with Crippen molar-refractivity contribution in [3.05, 3.63) is 47.6 Å². The summed E-state index contributed by atoms with van der Waals surface area (Å²) in [4.78, 5) is 27.8. The number of hydrogen-bond acceptors (Lipinski definition) is 6. The van der Waals surface area contributed by atoms with Crippen LogP contribution >= 0.6 is 0 Å². The third kappa shape index (κ3) is 5.56. The topological polar surface area (TPSA) is 115 Å². The first-order valence-electron chi connectivity index (χ1n) is 9.90. The lowest BCUT2D eigenvalue weighted by Crippen LogP contribution is -2.51. The minimum atomic E-state index is -0.929. The Balaban J connectivity index is 1.75. The normalized spacial score (nSPS) is 24.1. The van der Waals surface area contributed by atoms with E-state index in [1.807, 2.05) is 30.3 Å². The number of carboxylic acid groups (broad SMARTS) is 1. The van der Waals surface area contributed by atoms with Gasteiger partial charge in [-0.05, 0) is 36.7 Å². The lowest BCUT2D eigenvalue weighted by molar-refractivity contribution is -0.137. The fourth-order valence-electron chi connectivity index (χ4n) is 4.19. The number of alkyl carbamates (subject to hydrolysis) is 1. The van der Waals surface area contributed by atoms with Crippen LogP contribution in [-0.4, -0.2) is 27.3 Å². The number of aromatic nitrogens is 2. The van der Waals surface area contributed by atoms with E-state index < -0.39 is 17.6 Å². The number of benzene rings is 1. The molecular weight excluding hydrogens is 374 g/mol. The number of hydrogen-bond donors (Lipinski definition) is 2. The number of aryl methyl sites for hydroxylation is 1. The van der Waals surface area contributed by atoms with Crippen molar-refractivity contribution in [1.82, 2.24) is 15.5 Å². The summed E-state index contributed by atoms with van der Waals surface area (Å²) in [6.07, 6.45) is 1.90. The number of carbonyl (C=O) groups excluding carboxylic acids is 1. The van der Waals surface area contributed by atoms with E-state index in [2.05, 4.69) is 29.3 Å². The van der Waals surface area contributed by atoms with Gasteiger partial charge in [0.2, 0.25) is 5.89 Å². The Labute approximate surface area is 169 Å². The summed E-state index contributed by atoms with van der Waals surface area (Å²) in [6, 6.07) is 9.46. The number of ether oxygens (including phenoxy) is 1. The van der Waals surface area contributed by atoms with Crippen molar-refractivity contribution in [1.29, 1.82) is 0 Å². The van der Waals surface area contributed by atoms with Crippen molar-refractivity contribution < 1.29 is 24.0 Å². The maximum Gasteiger partial charge on any atom is 0.408 e. The van der Waals surface area contributed by atoms with Gasteiger partial charge < -0.3 is 19.7 Å². The minimum absolute atomic E-state index is 0.0893. The van der Waals surface area contributed by atoms with Gasteiger partial charge in [-0.2, -0.15) is 4.98 Å². The molecule has 156 valence electrons. The van der Waals surface area contributed by atoms with Crippen molar-refractivity contribution in [3.8, 4) is 0 Å². The highest BCUT2D eigenvalue weighted by atomic mass is 16.5. The largest absolute Gasteiger partial charge is 0.481 e. The molecule has 3 rings (SSSR count). The number of nitrogens with one attached hydrogen (secondary N) is 1. The van der Waals surface area contributed by atoms with E-state index in [4.69, 9.17) is 14.4 Å². The van der Waals surface area contributed by atoms with Crippen LogP contribution in [0.1, 0.15) is 56.8 Å². The van der Waals surface area contributed by atoms with E-state index >= 15 is 0 Å². The zero-order valence-electron chi connectivity index (χ0n) is 16.8. The molecule has 1 saturated carbocycles. The molecule has 29 heavy (non-hydrogen) atoms. The number of aliphatic carboxylic acids is 1. The average Bonchev–Trinajstić information content (AvgIpc) is 3.15. The standard InChI is InChI=1S/C21H27N3O5/c1-14-10-15(2)12-21(11-14,19-22-17(29-24-19)8-9-18(25)26)23-20(27)28-13-16-6-4-3-5-7-16/h3-7,14-15H,8-13H2,1-2H3,(H,23,27)(H,25,26). The van der Waals surface area contributed by atoms with Crippen molar-refractivity contribution in [2.75, 3.05) is 0 Å². The lowest BCUT2D eigenvalue weighted by Gasteiger charge is -2.40. The summed E-state index contributed by atoms with van der Waals surface area (Å²) in [7, 11) is 0. The van der Waals surface area contributed by atoms with Crippen LogP contribution in [-0.2, 0) is 28.1 Å². The highest BCUT2D eigenvalue weighted by Gasteiger charge is 2.44. The molecule has 2 N–H and O–H groups in total. The van der Waals surface area contributed by atoms with Gasteiger partial charge in [-0.1, -0.05) is 49.3 Å². The summed E-state index contributed by atoms with van der Waals surface area (Å²) in [5.41, 5.74) is 0.105. The van der Waals surface area contributed by atoms with Gasteiger partial charge in [-0.25, -0.2) is 4.79 Å². The molecule has 0 saturated heterocycles. The molecule has 0 radical (unpaired) electrons. The van der Waals surface area contributed by atoms with Crippen LogP contribution in [0.15, 0.2) is 34.9 Å². The van der Waals surface area contributed by atoms with Gasteiger partial charge in [0.25, 0.3) is 0 Å². The molecule has 1 fully saturated rings. The summed E-state index contributed by atoms with van der Waals surface area (Å²) in [5.74, 6) is 0.422. The fraction of sp³-hybridized carbons (Fsp3) is 0.524. The van der Waals surface area contributed by atoms with E-state index in [-0.39, 0.29) is 25.3 Å². The first-order valence-corrected chi connectivity index (χ1v) is 9.90. The highest BCUT2D eigenvalue weighted by molar-refractivity contribution is 5.68. The maximum atomic E-state index is 12.6. The minimum Gasteiger partial charge on any atom is -0.481 e. The summed E-state index contributed by atoms with van der Waals surface area (Å²) in [5, 5.41) is 15.9. The number of nitrogens with zero attached hydrogens (tertiary/aromatic N) is 2. The number of carbonyl (C=O) groups is 2. The van der Waals surface area contributed by atoms with Crippen molar-refractivity contribution >= 4 is 12.1 Å². The third-order valence-corrected chi connectivity index (χ3v) is 5.20. The Kier molecular flexibility index (Phi) is 6.51. The van der Waals surface area contributed by atoms with Crippen molar-refractivity contribution in [2.24, 2.45) is 11.8 Å². The van der Waals surface area contributed by atoms with Crippen LogP contribution in [0.3, 0.4) is 0 Å². The predicted molar refractivity (Wildman–Crippen MR) is 104 cm³/mol. The van der Waals surface area contributed by atoms with E-state index in [0.717, 1.165) is 12.0 Å². The number of rotatable bonds is 7. The van der Waals surface area contributed by atoms with Gasteiger partial charge in [-0.15, -0.1) is 0 Å². The van der Waals surface area contributed by atoms with Gasteiger partial charge in [-0.3, -0.25) is 4.79 Å². The van der Waals surface area contributed by atoms with Crippen LogP contribution in [0.4, 0.5) is 4.79 Å². The zero-order valence-corrected chi connectivity index (χ0v) is 16.8. The second-order valence-corrected chi connectivity index (χ2v) is 8.03. The third-order valence-electron chi connectivity index (χ3n) is 5.20. The number of carboxylic acids is 1. The Morgan fingerprint density at radius 2 is 1.93 bits per heavy atom. The Morgan fingerprint density at radius 1 is 1.24 bits per heavy atom. The Bertz CT molecular complexity index is 826. The van der Waals surface area contributed by atoms with Gasteiger partial charge in [0.15, 0.2) is 5.82 Å². The maximum absolute atomic E-state index is 12.6. The molecule has 1 amide bonds. The molecule has 1 aromatic carbocycles. The van der Waals surface area contributed by atoms with Crippen LogP contribution in [0.2, 0.25) is 0 Å². The van der Waals surface area contributed by atoms with Crippen LogP contribution < -0.4 is 5.32 Å². The molecule has 2 aromatic rings. The first-order chi connectivity index (χ1) is 13.9. The quantitative estimate of drug-likeness (QED) is 0.727. The molecule has 2 atom stereocenters. The highest BCUT2D eigenvalue weighted by Crippen LogP contribution is 2.41. The van der Waals surface area contributed by atoms with Crippen molar-refractivity contribution in [3.63, 3.8) is 0 Å². The molecule has 8 nitrogen and oxygen atoms in total. The predicted octanol–water partition coefficient (Wildman–Crippen LogP) is 3.66. The van der Waals surface area contributed by atoms with E-state index in [9.17, 15) is 9.59 Å². The molecule has 1 aliphatic carbocycles. The van der Waals surface area contributed by atoms with Gasteiger partial charge >= 0.3 is 12.1 Å². The molecule has 2 unspecified atom stereocenters. The van der Waals surface area contributed by atoms with Crippen LogP contribution in [0.25, 0.3) is 0 Å².